The normalized spacial score (nSPS) is 10.5. The lowest BCUT2D eigenvalue weighted by molar-refractivity contribution is 0.414. The van der Waals surface area contributed by atoms with E-state index in [0.29, 0.717) is 0 Å². The standard InChI is InChI=1S/C17H17N3O/c1-21-16-9-7-14(8-10-16)11-12-20-13-17(18-19-20)15-5-3-2-4-6-15/h2-10,13H,11-12H2,1H3. The minimum absolute atomic E-state index is 0.812. The van der Waals surface area contributed by atoms with E-state index in [1.165, 1.54) is 5.56 Å². The zero-order chi connectivity index (χ0) is 14.5. The first-order valence-electron chi connectivity index (χ1n) is 6.93. The van der Waals surface area contributed by atoms with Crippen LogP contribution in [-0.4, -0.2) is 22.1 Å². The number of hydrogen-bond donors (Lipinski definition) is 0. The van der Waals surface area contributed by atoms with E-state index in [-0.39, 0.29) is 0 Å². The van der Waals surface area contributed by atoms with E-state index >= 15 is 0 Å². The van der Waals surface area contributed by atoms with Crippen molar-refractivity contribution in [1.29, 1.82) is 0 Å². The summed E-state index contributed by atoms with van der Waals surface area (Å²) in [7, 11) is 1.68. The molecule has 1 heterocycles. The quantitative estimate of drug-likeness (QED) is 0.720. The van der Waals surface area contributed by atoms with Crippen molar-refractivity contribution in [2.75, 3.05) is 7.11 Å². The average molecular weight is 279 g/mol. The van der Waals surface area contributed by atoms with Crippen molar-refractivity contribution in [2.24, 2.45) is 0 Å². The molecule has 2 aromatic carbocycles. The van der Waals surface area contributed by atoms with Gasteiger partial charge in [0, 0.05) is 12.1 Å². The Labute approximate surface area is 124 Å². The second-order valence-electron chi connectivity index (χ2n) is 4.83. The minimum atomic E-state index is 0.812. The molecule has 0 aliphatic rings. The molecule has 0 aliphatic heterocycles. The summed E-state index contributed by atoms with van der Waals surface area (Å²) in [4.78, 5) is 0. The SMILES string of the molecule is COc1ccc(CCn2cc(-c3ccccc3)nn2)cc1. The van der Waals surface area contributed by atoms with E-state index in [4.69, 9.17) is 4.74 Å². The monoisotopic (exact) mass is 279 g/mol. The van der Waals surface area contributed by atoms with Crippen LogP contribution in [0.3, 0.4) is 0 Å². The molecular formula is C17H17N3O. The van der Waals surface area contributed by atoms with Crippen LogP contribution in [0.1, 0.15) is 5.56 Å². The number of aromatic nitrogens is 3. The zero-order valence-electron chi connectivity index (χ0n) is 11.9. The van der Waals surface area contributed by atoms with Gasteiger partial charge in [-0.2, -0.15) is 0 Å². The molecule has 0 bridgehead atoms. The summed E-state index contributed by atoms with van der Waals surface area (Å²) < 4.78 is 7.04. The summed E-state index contributed by atoms with van der Waals surface area (Å²) in [5.74, 6) is 0.880. The largest absolute Gasteiger partial charge is 0.497 e. The van der Waals surface area contributed by atoms with Gasteiger partial charge in [-0.15, -0.1) is 5.10 Å². The van der Waals surface area contributed by atoms with Gasteiger partial charge in [-0.1, -0.05) is 47.7 Å². The van der Waals surface area contributed by atoms with E-state index in [0.717, 1.165) is 30.0 Å². The Morgan fingerprint density at radius 3 is 2.48 bits per heavy atom. The number of methoxy groups -OCH3 is 1. The van der Waals surface area contributed by atoms with Crippen LogP contribution < -0.4 is 4.74 Å². The summed E-state index contributed by atoms with van der Waals surface area (Å²) in [6, 6.07) is 18.2. The molecule has 0 saturated heterocycles. The highest BCUT2D eigenvalue weighted by atomic mass is 16.5. The van der Waals surface area contributed by atoms with Crippen molar-refractivity contribution < 1.29 is 4.74 Å². The molecule has 4 nitrogen and oxygen atoms in total. The predicted octanol–water partition coefficient (Wildman–Crippen LogP) is 3.20. The summed E-state index contributed by atoms with van der Waals surface area (Å²) >= 11 is 0. The lowest BCUT2D eigenvalue weighted by atomic mass is 10.1. The third kappa shape index (κ3) is 3.28. The molecule has 0 amide bonds. The maximum atomic E-state index is 5.16. The molecule has 0 atom stereocenters. The average Bonchev–Trinajstić information content (AvgIpc) is 3.03. The maximum Gasteiger partial charge on any atom is 0.118 e. The fourth-order valence-electron chi connectivity index (χ4n) is 2.18. The van der Waals surface area contributed by atoms with Gasteiger partial charge in [0.1, 0.15) is 11.4 Å². The summed E-state index contributed by atoms with van der Waals surface area (Å²) in [6.45, 7) is 0.812. The molecule has 1 aromatic heterocycles. The second-order valence-corrected chi connectivity index (χ2v) is 4.83. The summed E-state index contributed by atoms with van der Waals surface area (Å²) in [6.07, 6.45) is 2.90. The van der Waals surface area contributed by atoms with Crippen molar-refractivity contribution in [3.05, 3.63) is 66.4 Å². The van der Waals surface area contributed by atoms with Crippen molar-refractivity contribution in [3.63, 3.8) is 0 Å². The molecule has 0 saturated carbocycles. The highest BCUT2D eigenvalue weighted by molar-refractivity contribution is 5.57. The third-order valence-electron chi connectivity index (χ3n) is 3.40. The van der Waals surface area contributed by atoms with E-state index in [9.17, 15) is 0 Å². The fourth-order valence-corrected chi connectivity index (χ4v) is 2.18. The van der Waals surface area contributed by atoms with Crippen LogP contribution in [0.4, 0.5) is 0 Å². The Morgan fingerprint density at radius 2 is 1.76 bits per heavy atom. The molecule has 0 fully saturated rings. The lowest BCUT2D eigenvalue weighted by Crippen LogP contribution is -2.02. The Kier molecular flexibility index (Phi) is 3.96. The molecule has 21 heavy (non-hydrogen) atoms. The highest BCUT2D eigenvalue weighted by Crippen LogP contribution is 2.15. The number of benzene rings is 2. The number of nitrogens with zero attached hydrogens (tertiary/aromatic N) is 3. The van der Waals surface area contributed by atoms with Crippen LogP contribution >= 0.6 is 0 Å². The summed E-state index contributed by atoms with van der Waals surface area (Å²) in [5, 5.41) is 8.40. The number of hydrogen-bond acceptors (Lipinski definition) is 3. The molecule has 3 rings (SSSR count). The molecule has 106 valence electrons. The van der Waals surface area contributed by atoms with Gasteiger partial charge in [0.2, 0.25) is 0 Å². The minimum Gasteiger partial charge on any atom is -0.497 e. The van der Waals surface area contributed by atoms with Gasteiger partial charge in [-0.3, -0.25) is 4.68 Å². The van der Waals surface area contributed by atoms with Crippen molar-refractivity contribution in [2.45, 2.75) is 13.0 Å². The smallest absolute Gasteiger partial charge is 0.118 e. The van der Waals surface area contributed by atoms with E-state index in [1.807, 2.05) is 53.3 Å². The number of rotatable bonds is 5. The molecule has 4 heteroatoms. The van der Waals surface area contributed by atoms with Gasteiger partial charge in [0.25, 0.3) is 0 Å². The van der Waals surface area contributed by atoms with Crippen LogP contribution in [0.15, 0.2) is 60.8 Å². The highest BCUT2D eigenvalue weighted by Gasteiger charge is 2.03. The zero-order valence-corrected chi connectivity index (χ0v) is 11.9. The molecule has 0 radical (unpaired) electrons. The molecule has 0 N–H and O–H groups in total. The maximum absolute atomic E-state index is 5.16. The van der Waals surface area contributed by atoms with Gasteiger partial charge >= 0.3 is 0 Å². The van der Waals surface area contributed by atoms with Gasteiger partial charge in [0.05, 0.1) is 13.3 Å². The van der Waals surface area contributed by atoms with Crippen LogP contribution in [-0.2, 0) is 13.0 Å². The van der Waals surface area contributed by atoms with Gasteiger partial charge in [-0.05, 0) is 24.1 Å². The number of ether oxygens (including phenoxy) is 1. The first kappa shape index (κ1) is 13.4. The Morgan fingerprint density at radius 1 is 1.00 bits per heavy atom. The Bertz CT molecular complexity index is 690. The van der Waals surface area contributed by atoms with E-state index in [2.05, 4.69) is 22.4 Å². The molecule has 3 aromatic rings. The third-order valence-corrected chi connectivity index (χ3v) is 3.40. The molecule has 0 spiro atoms. The second kappa shape index (κ2) is 6.22. The Hall–Kier alpha value is -2.62. The van der Waals surface area contributed by atoms with Crippen LogP contribution in [0.25, 0.3) is 11.3 Å². The number of aryl methyl sites for hydroxylation is 2. The lowest BCUT2D eigenvalue weighted by Gasteiger charge is -2.03. The molecule has 0 unspecified atom stereocenters. The van der Waals surface area contributed by atoms with Gasteiger partial charge < -0.3 is 4.74 Å². The van der Waals surface area contributed by atoms with Crippen LogP contribution in [0.2, 0.25) is 0 Å². The molecular weight excluding hydrogens is 262 g/mol. The van der Waals surface area contributed by atoms with Gasteiger partial charge in [0.15, 0.2) is 0 Å². The molecule has 0 aliphatic carbocycles. The van der Waals surface area contributed by atoms with E-state index in [1.54, 1.807) is 7.11 Å². The van der Waals surface area contributed by atoms with Crippen molar-refractivity contribution >= 4 is 0 Å². The van der Waals surface area contributed by atoms with E-state index < -0.39 is 0 Å². The predicted molar refractivity (Wildman–Crippen MR) is 82.2 cm³/mol. The van der Waals surface area contributed by atoms with Crippen LogP contribution in [0, 0.1) is 0 Å². The van der Waals surface area contributed by atoms with Crippen LogP contribution in [0.5, 0.6) is 5.75 Å². The summed E-state index contributed by atoms with van der Waals surface area (Å²) in [5.41, 5.74) is 3.26. The van der Waals surface area contributed by atoms with Gasteiger partial charge in [-0.25, -0.2) is 0 Å². The topological polar surface area (TPSA) is 39.9 Å². The first-order chi connectivity index (χ1) is 10.3. The first-order valence-corrected chi connectivity index (χ1v) is 6.93. The fraction of sp³-hybridized carbons (Fsp3) is 0.176. The Balaban J connectivity index is 1.64. The van der Waals surface area contributed by atoms with Crippen molar-refractivity contribution in [3.8, 4) is 17.0 Å². The van der Waals surface area contributed by atoms with Crippen molar-refractivity contribution in [1.82, 2.24) is 15.0 Å².